The lowest BCUT2D eigenvalue weighted by Gasteiger charge is -2.24. The van der Waals surface area contributed by atoms with Gasteiger partial charge in [-0.25, -0.2) is 4.79 Å². The van der Waals surface area contributed by atoms with Crippen LogP contribution >= 0.6 is 0 Å². The third kappa shape index (κ3) is 3.88. The highest BCUT2D eigenvalue weighted by molar-refractivity contribution is 6.03. The van der Waals surface area contributed by atoms with E-state index in [1.807, 2.05) is 26.0 Å². The molecule has 3 rings (SSSR count). The van der Waals surface area contributed by atoms with Crippen LogP contribution in [0.15, 0.2) is 12.1 Å². The molecule has 0 saturated carbocycles. The van der Waals surface area contributed by atoms with Crippen molar-refractivity contribution in [3.8, 4) is 17.2 Å². The van der Waals surface area contributed by atoms with Crippen molar-refractivity contribution in [3.63, 3.8) is 0 Å². The second-order valence-corrected chi connectivity index (χ2v) is 7.59. The van der Waals surface area contributed by atoms with Gasteiger partial charge in [0.25, 0.3) is 0 Å². The lowest BCUT2D eigenvalue weighted by atomic mass is 9.81. The van der Waals surface area contributed by atoms with Gasteiger partial charge in [0.15, 0.2) is 17.3 Å². The SMILES string of the molecule is CC[C@H](C)OC(=O)c1[nH]c2c(c1C)C(=O)C[C@H](c1cc(OC)c(OC)c(OC)c1)C2. The highest BCUT2D eigenvalue weighted by atomic mass is 16.5. The normalized spacial score (nSPS) is 16.6. The number of aromatic amines is 1. The van der Waals surface area contributed by atoms with E-state index >= 15 is 0 Å². The topological polar surface area (TPSA) is 86.9 Å². The van der Waals surface area contributed by atoms with Crippen molar-refractivity contribution >= 4 is 11.8 Å². The van der Waals surface area contributed by atoms with Crippen molar-refractivity contribution < 1.29 is 28.5 Å². The third-order valence-corrected chi connectivity index (χ3v) is 5.73. The maximum absolute atomic E-state index is 13.0. The molecule has 162 valence electrons. The number of carbonyl (C=O) groups excluding carboxylic acids is 2. The zero-order chi connectivity index (χ0) is 22.0. The van der Waals surface area contributed by atoms with Gasteiger partial charge in [-0.05, 0) is 55.9 Å². The maximum Gasteiger partial charge on any atom is 0.355 e. The predicted octanol–water partition coefficient (Wildman–Crippen LogP) is 4.22. The molecule has 0 amide bonds. The molecule has 1 N–H and O–H groups in total. The van der Waals surface area contributed by atoms with E-state index in [9.17, 15) is 9.59 Å². The fourth-order valence-corrected chi connectivity index (χ4v) is 3.94. The smallest absolute Gasteiger partial charge is 0.355 e. The van der Waals surface area contributed by atoms with E-state index < -0.39 is 5.97 Å². The van der Waals surface area contributed by atoms with Gasteiger partial charge in [0.1, 0.15) is 5.69 Å². The number of esters is 1. The van der Waals surface area contributed by atoms with E-state index in [1.54, 1.807) is 28.3 Å². The lowest BCUT2D eigenvalue weighted by molar-refractivity contribution is 0.0327. The monoisotopic (exact) mass is 415 g/mol. The molecule has 1 aromatic carbocycles. The standard InChI is InChI=1S/C23H29NO6/c1-7-12(2)30-23(26)21-13(3)20-16(24-21)8-14(9-17(20)25)15-10-18(27-4)22(29-6)19(11-15)28-5/h10-12,14,24H,7-9H2,1-6H3/t12-,14+/m0/s1. The first-order valence-electron chi connectivity index (χ1n) is 10.1. The Morgan fingerprint density at radius 1 is 1.13 bits per heavy atom. The summed E-state index contributed by atoms with van der Waals surface area (Å²) in [5.41, 5.74) is 3.30. The van der Waals surface area contributed by atoms with Gasteiger partial charge in [0.05, 0.1) is 27.4 Å². The Hall–Kier alpha value is -2.96. The van der Waals surface area contributed by atoms with Crippen molar-refractivity contribution in [2.24, 2.45) is 0 Å². The van der Waals surface area contributed by atoms with Crippen molar-refractivity contribution in [1.29, 1.82) is 0 Å². The number of benzene rings is 1. The minimum atomic E-state index is -0.423. The second-order valence-electron chi connectivity index (χ2n) is 7.59. The van der Waals surface area contributed by atoms with Gasteiger partial charge in [-0.2, -0.15) is 0 Å². The first-order valence-corrected chi connectivity index (χ1v) is 10.1. The average molecular weight is 415 g/mol. The van der Waals surface area contributed by atoms with E-state index in [1.165, 1.54) is 0 Å². The Morgan fingerprint density at radius 3 is 2.30 bits per heavy atom. The number of methoxy groups -OCH3 is 3. The molecule has 0 radical (unpaired) electrons. The molecule has 1 aliphatic carbocycles. The number of ketones is 1. The maximum atomic E-state index is 13.0. The van der Waals surface area contributed by atoms with Crippen molar-refractivity contribution in [1.82, 2.24) is 4.98 Å². The van der Waals surface area contributed by atoms with Crippen LogP contribution in [-0.4, -0.2) is 44.2 Å². The van der Waals surface area contributed by atoms with E-state index in [2.05, 4.69) is 4.98 Å². The molecule has 2 aromatic rings. The zero-order valence-corrected chi connectivity index (χ0v) is 18.4. The van der Waals surface area contributed by atoms with E-state index in [0.717, 1.165) is 17.7 Å². The number of fused-ring (bicyclic) bond motifs is 1. The van der Waals surface area contributed by atoms with Gasteiger partial charge in [0.2, 0.25) is 5.75 Å². The summed E-state index contributed by atoms with van der Waals surface area (Å²) in [6.45, 7) is 5.60. The summed E-state index contributed by atoms with van der Waals surface area (Å²) in [7, 11) is 4.68. The minimum absolute atomic E-state index is 0.00587. The summed E-state index contributed by atoms with van der Waals surface area (Å²) in [5.74, 6) is 1.11. The Labute approximate surface area is 176 Å². The summed E-state index contributed by atoms with van der Waals surface area (Å²) >= 11 is 0. The fraction of sp³-hybridized carbons (Fsp3) is 0.478. The van der Waals surface area contributed by atoms with Crippen LogP contribution in [0.3, 0.4) is 0 Å². The fourth-order valence-electron chi connectivity index (χ4n) is 3.94. The summed E-state index contributed by atoms with van der Waals surface area (Å²) in [5, 5.41) is 0. The minimum Gasteiger partial charge on any atom is -0.493 e. The summed E-state index contributed by atoms with van der Waals surface area (Å²) < 4.78 is 21.7. The van der Waals surface area contributed by atoms with Crippen LogP contribution in [0.5, 0.6) is 17.2 Å². The molecule has 1 aliphatic rings. The molecule has 0 bridgehead atoms. The van der Waals surface area contributed by atoms with Crippen LogP contribution in [0.4, 0.5) is 0 Å². The lowest BCUT2D eigenvalue weighted by Crippen LogP contribution is -2.19. The predicted molar refractivity (Wildman–Crippen MR) is 112 cm³/mol. The number of nitrogens with one attached hydrogen (secondary N) is 1. The van der Waals surface area contributed by atoms with E-state index in [4.69, 9.17) is 18.9 Å². The molecule has 7 nitrogen and oxygen atoms in total. The summed E-state index contributed by atoms with van der Waals surface area (Å²) in [4.78, 5) is 28.7. The number of carbonyl (C=O) groups is 2. The van der Waals surface area contributed by atoms with Gasteiger partial charge in [-0.15, -0.1) is 0 Å². The number of Topliss-reactive ketones (excluding diaryl/α,β-unsaturated/α-hetero) is 1. The number of ether oxygens (including phenoxy) is 4. The molecule has 1 aromatic heterocycles. The Morgan fingerprint density at radius 2 is 1.77 bits per heavy atom. The molecule has 0 spiro atoms. The Bertz CT molecular complexity index is 936. The molecule has 0 saturated heterocycles. The Kier molecular flexibility index (Phi) is 6.39. The molecule has 1 heterocycles. The number of rotatable bonds is 7. The molecule has 2 atom stereocenters. The van der Waals surface area contributed by atoms with Gasteiger partial charge >= 0.3 is 5.97 Å². The molecular weight excluding hydrogens is 386 g/mol. The van der Waals surface area contributed by atoms with Gasteiger partial charge in [0, 0.05) is 17.7 Å². The first kappa shape index (κ1) is 21.7. The highest BCUT2D eigenvalue weighted by Crippen LogP contribution is 2.43. The summed E-state index contributed by atoms with van der Waals surface area (Å²) in [6.07, 6.45) is 1.48. The van der Waals surface area contributed by atoms with Crippen LogP contribution in [0.2, 0.25) is 0 Å². The zero-order valence-electron chi connectivity index (χ0n) is 18.4. The van der Waals surface area contributed by atoms with Crippen molar-refractivity contribution in [2.75, 3.05) is 21.3 Å². The molecule has 0 unspecified atom stereocenters. The third-order valence-electron chi connectivity index (χ3n) is 5.73. The van der Waals surface area contributed by atoms with Crippen LogP contribution < -0.4 is 14.2 Å². The first-order chi connectivity index (χ1) is 14.3. The highest BCUT2D eigenvalue weighted by Gasteiger charge is 2.33. The van der Waals surface area contributed by atoms with Gasteiger partial charge in [-0.3, -0.25) is 4.79 Å². The van der Waals surface area contributed by atoms with Gasteiger partial charge in [-0.1, -0.05) is 6.92 Å². The van der Waals surface area contributed by atoms with E-state index in [-0.39, 0.29) is 17.8 Å². The molecule has 30 heavy (non-hydrogen) atoms. The number of hydrogen-bond donors (Lipinski definition) is 1. The number of H-pyrrole nitrogens is 1. The second kappa shape index (κ2) is 8.81. The van der Waals surface area contributed by atoms with Crippen molar-refractivity contribution in [2.45, 2.75) is 52.1 Å². The largest absolute Gasteiger partial charge is 0.493 e. The average Bonchev–Trinajstić information content (AvgIpc) is 3.09. The van der Waals surface area contributed by atoms with Gasteiger partial charge < -0.3 is 23.9 Å². The molecule has 7 heteroatoms. The van der Waals surface area contributed by atoms with Crippen LogP contribution in [-0.2, 0) is 11.2 Å². The quantitative estimate of drug-likeness (QED) is 0.682. The number of hydrogen-bond acceptors (Lipinski definition) is 6. The van der Waals surface area contributed by atoms with Crippen LogP contribution in [0.25, 0.3) is 0 Å². The van der Waals surface area contributed by atoms with Crippen LogP contribution in [0.1, 0.15) is 70.3 Å². The molecule has 0 fully saturated rings. The molecule has 0 aliphatic heterocycles. The van der Waals surface area contributed by atoms with Crippen molar-refractivity contribution in [3.05, 3.63) is 40.2 Å². The van der Waals surface area contributed by atoms with E-state index in [0.29, 0.717) is 46.9 Å². The number of aromatic nitrogens is 1. The Balaban J connectivity index is 1.95. The summed E-state index contributed by atoms with van der Waals surface area (Å²) in [6, 6.07) is 3.75. The van der Waals surface area contributed by atoms with Crippen LogP contribution in [0, 0.1) is 6.92 Å². The molecular formula is C23H29NO6.